The number of hydrogen-bond donors (Lipinski definition) is 1. The monoisotopic (exact) mass is 252 g/mol. The summed E-state index contributed by atoms with van der Waals surface area (Å²) in [5.74, 6) is 0.0292. The number of ether oxygens (including phenoxy) is 1. The van der Waals surface area contributed by atoms with Crippen LogP contribution in [-0.4, -0.2) is 11.7 Å². The second-order valence-electron chi connectivity index (χ2n) is 2.27. The molecule has 0 aliphatic carbocycles. The summed E-state index contributed by atoms with van der Waals surface area (Å²) in [6, 6.07) is 4.55. The van der Waals surface area contributed by atoms with Crippen molar-refractivity contribution in [2.75, 3.05) is 0 Å². The fraction of sp³-hybridized carbons (Fsp3) is 0.250. The summed E-state index contributed by atoms with van der Waals surface area (Å²) in [6.07, 6.45) is 0. The second-order valence-corrected chi connectivity index (χ2v) is 3.06. The SMILES string of the molecule is OCc1cccc(OC(F)F)c1Br. The summed E-state index contributed by atoms with van der Waals surface area (Å²) in [4.78, 5) is 0. The van der Waals surface area contributed by atoms with Crippen molar-refractivity contribution in [1.29, 1.82) is 0 Å². The molecule has 2 nitrogen and oxygen atoms in total. The molecule has 0 bridgehead atoms. The number of rotatable bonds is 3. The molecule has 0 saturated carbocycles. The molecule has 1 aromatic rings. The van der Waals surface area contributed by atoms with Gasteiger partial charge in [-0.3, -0.25) is 0 Å². The van der Waals surface area contributed by atoms with Gasteiger partial charge in [-0.1, -0.05) is 12.1 Å². The van der Waals surface area contributed by atoms with Gasteiger partial charge in [0.25, 0.3) is 0 Å². The Morgan fingerprint density at radius 2 is 2.15 bits per heavy atom. The van der Waals surface area contributed by atoms with Crippen molar-refractivity contribution in [2.45, 2.75) is 13.2 Å². The van der Waals surface area contributed by atoms with Gasteiger partial charge in [-0.15, -0.1) is 0 Å². The quantitative estimate of drug-likeness (QED) is 0.896. The molecule has 0 heterocycles. The highest BCUT2D eigenvalue weighted by molar-refractivity contribution is 9.10. The minimum Gasteiger partial charge on any atom is -0.434 e. The van der Waals surface area contributed by atoms with E-state index in [1.54, 1.807) is 6.07 Å². The van der Waals surface area contributed by atoms with Crippen LogP contribution in [0.5, 0.6) is 5.75 Å². The summed E-state index contributed by atoms with van der Waals surface area (Å²) in [5, 5.41) is 8.80. The number of aliphatic hydroxyl groups excluding tert-OH is 1. The van der Waals surface area contributed by atoms with Crippen LogP contribution in [0, 0.1) is 0 Å². The lowest BCUT2D eigenvalue weighted by Gasteiger charge is -2.08. The Hall–Kier alpha value is -0.680. The summed E-state index contributed by atoms with van der Waals surface area (Å²) in [5.41, 5.74) is 0.512. The normalized spacial score (nSPS) is 10.5. The molecule has 0 amide bonds. The number of alkyl halides is 2. The summed E-state index contributed by atoms with van der Waals surface area (Å²) in [6.45, 7) is -3.08. The molecule has 0 aromatic heterocycles. The van der Waals surface area contributed by atoms with Crippen LogP contribution in [0.2, 0.25) is 0 Å². The van der Waals surface area contributed by atoms with Gasteiger partial charge in [0.1, 0.15) is 5.75 Å². The van der Waals surface area contributed by atoms with E-state index in [2.05, 4.69) is 20.7 Å². The summed E-state index contributed by atoms with van der Waals surface area (Å²) >= 11 is 3.05. The van der Waals surface area contributed by atoms with Crippen molar-refractivity contribution in [3.05, 3.63) is 28.2 Å². The van der Waals surface area contributed by atoms with Crippen LogP contribution in [-0.2, 0) is 6.61 Å². The molecule has 0 atom stereocenters. The molecule has 0 radical (unpaired) electrons. The Balaban J connectivity index is 2.94. The first-order chi connectivity index (χ1) is 6.15. The van der Waals surface area contributed by atoms with Crippen LogP contribution in [0.25, 0.3) is 0 Å². The topological polar surface area (TPSA) is 29.5 Å². The molecular formula is C8H7BrF2O2. The molecule has 1 rings (SSSR count). The van der Waals surface area contributed by atoms with E-state index in [1.165, 1.54) is 12.1 Å². The molecule has 0 saturated heterocycles. The van der Waals surface area contributed by atoms with Gasteiger partial charge in [0, 0.05) is 0 Å². The van der Waals surface area contributed by atoms with Crippen LogP contribution in [0.1, 0.15) is 5.56 Å². The van der Waals surface area contributed by atoms with Gasteiger partial charge in [0.15, 0.2) is 0 Å². The first-order valence-corrected chi connectivity index (χ1v) is 4.27. The van der Waals surface area contributed by atoms with E-state index < -0.39 is 6.61 Å². The molecule has 0 unspecified atom stereocenters. The fourth-order valence-corrected chi connectivity index (χ4v) is 1.35. The van der Waals surface area contributed by atoms with Crippen molar-refractivity contribution < 1.29 is 18.6 Å². The molecule has 0 fully saturated rings. The smallest absolute Gasteiger partial charge is 0.387 e. The van der Waals surface area contributed by atoms with E-state index in [9.17, 15) is 8.78 Å². The maximum Gasteiger partial charge on any atom is 0.387 e. The van der Waals surface area contributed by atoms with Crippen molar-refractivity contribution in [3.8, 4) is 5.75 Å². The second kappa shape index (κ2) is 4.53. The van der Waals surface area contributed by atoms with E-state index in [0.29, 0.717) is 10.0 Å². The fourth-order valence-electron chi connectivity index (χ4n) is 0.865. The Labute approximate surface area is 82.3 Å². The molecule has 0 spiro atoms. The Bertz CT molecular complexity index is 291. The summed E-state index contributed by atoms with van der Waals surface area (Å²) < 4.78 is 28.2. The molecular weight excluding hydrogens is 246 g/mol. The molecule has 1 N–H and O–H groups in total. The minimum atomic E-state index is -2.86. The maximum absolute atomic E-state index is 11.8. The highest BCUT2D eigenvalue weighted by Gasteiger charge is 2.10. The van der Waals surface area contributed by atoms with E-state index in [1.807, 2.05) is 0 Å². The van der Waals surface area contributed by atoms with Crippen molar-refractivity contribution in [1.82, 2.24) is 0 Å². The van der Waals surface area contributed by atoms with E-state index in [-0.39, 0.29) is 12.4 Å². The number of aliphatic hydroxyl groups is 1. The van der Waals surface area contributed by atoms with Gasteiger partial charge in [-0.2, -0.15) is 8.78 Å². The van der Waals surface area contributed by atoms with Crippen LogP contribution < -0.4 is 4.74 Å². The first kappa shape index (κ1) is 10.4. The van der Waals surface area contributed by atoms with Gasteiger partial charge in [-0.05, 0) is 27.6 Å². The lowest BCUT2D eigenvalue weighted by atomic mass is 10.2. The zero-order valence-corrected chi connectivity index (χ0v) is 8.09. The predicted molar refractivity (Wildman–Crippen MR) is 46.7 cm³/mol. The predicted octanol–water partition coefficient (Wildman–Crippen LogP) is 2.54. The molecule has 13 heavy (non-hydrogen) atoms. The molecule has 0 aliphatic heterocycles. The summed E-state index contributed by atoms with van der Waals surface area (Å²) in [7, 11) is 0. The first-order valence-electron chi connectivity index (χ1n) is 3.48. The minimum absolute atomic E-state index is 0.0292. The largest absolute Gasteiger partial charge is 0.434 e. The highest BCUT2D eigenvalue weighted by Crippen LogP contribution is 2.29. The van der Waals surface area contributed by atoms with E-state index in [0.717, 1.165) is 0 Å². The Kier molecular flexibility index (Phi) is 3.62. The van der Waals surface area contributed by atoms with E-state index >= 15 is 0 Å². The van der Waals surface area contributed by atoms with Crippen LogP contribution in [0.3, 0.4) is 0 Å². The van der Waals surface area contributed by atoms with Crippen molar-refractivity contribution >= 4 is 15.9 Å². The van der Waals surface area contributed by atoms with Crippen LogP contribution in [0.4, 0.5) is 8.78 Å². The van der Waals surface area contributed by atoms with Gasteiger partial charge in [0.2, 0.25) is 0 Å². The highest BCUT2D eigenvalue weighted by atomic mass is 79.9. The number of hydrogen-bond acceptors (Lipinski definition) is 2. The maximum atomic E-state index is 11.8. The van der Waals surface area contributed by atoms with E-state index in [4.69, 9.17) is 5.11 Å². The van der Waals surface area contributed by atoms with Gasteiger partial charge >= 0.3 is 6.61 Å². The third kappa shape index (κ3) is 2.63. The van der Waals surface area contributed by atoms with Crippen LogP contribution >= 0.6 is 15.9 Å². The molecule has 5 heteroatoms. The third-order valence-corrected chi connectivity index (χ3v) is 2.33. The number of benzene rings is 1. The average molecular weight is 253 g/mol. The number of halogens is 3. The lowest BCUT2D eigenvalue weighted by Crippen LogP contribution is -2.03. The van der Waals surface area contributed by atoms with Gasteiger partial charge in [-0.25, -0.2) is 0 Å². The standard InChI is InChI=1S/C8H7BrF2O2/c9-7-5(4-12)2-1-3-6(7)13-8(10)11/h1-3,8,12H,4H2. The zero-order valence-electron chi connectivity index (χ0n) is 6.51. The van der Waals surface area contributed by atoms with Gasteiger partial charge in [0.05, 0.1) is 11.1 Å². The van der Waals surface area contributed by atoms with Gasteiger partial charge < -0.3 is 9.84 Å². The molecule has 72 valence electrons. The van der Waals surface area contributed by atoms with Crippen molar-refractivity contribution in [3.63, 3.8) is 0 Å². The zero-order chi connectivity index (χ0) is 9.84. The molecule has 1 aromatic carbocycles. The third-order valence-electron chi connectivity index (χ3n) is 1.43. The van der Waals surface area contributed by atoms with Crippen molar-refractivity contribution in [2.24, 2.45) is 0 Å². The van der Waals surface area contributed by atoms with Crippen LogP contribution in [0.15, 0.2) is 22.7 Å². The molecule has 0 aliphatic rings. The Morgan fingerprint density at radius 3 is 2.69 bits per heavy atom. The average Bonchev–Trinajstić information content (AvgIpc) is 2.08. The Morgan fingerprint density at radius 1 is 1.46 bits per heavy atom. The lowest BCUT2D eigenvalue weighted by molar-refractivity contribution is -0.0504.